The lowest BCUT2D eigenvalue weighted by Crippen LogP contribution is -2.23. The summed E-state index contributed by atoms with van der Waals surface area (Å²) in [7, 11) is 1.65. The molecule has 5 nitrogen and oxygen atoms in total. The van der Waals surface area contributed by atoms with Crippen molar-refractivity contribution in [1.82, 2.24) is 9.38 Å². The minimum atomic E-state index is 0.0130. The maximum Gasteiger partial charge on any atom is 0.228 e. The van der Waals surface area contributed by atoms with Gasteiger partial charge in [0, 0.05) is 17.7 Å². The Balaban J connectivity index is 2.02. The average Bonchev–Trinajstić information content (AvgIpc) is 3.06. The van der Waals surface area contributed by atoms with Crippen LogP contribution < -0.4 is 10.1 Å². The van der Waals surface area contributed by atoms with Gasteiger partial charge in [0.2, 0.25) is 5.91 Å². The molecule has 3 aromatic rings. The number of unbranched alkanes of at least 4 members (excludes halogenated alkanes) is 1. The average molecular weight is 380 g/mol. The number of ether oxygens (including phenoxy) is 1. The second-order valence-corrected chi connectivity index (χ2v) is 7.21. The van der Waals surface area contributed by atoms with Crippen molar-refractivity contribution in [2.75, 3.05) is 12.4 Å². The third-order valence-electron chi connectivity index (χ3n) is 5.14. The molecule has 1 N–H and O–H groups in total. The summed E-state index contributed by atoms with van der Waals surface area (Å²) in [4.78, 5) is 17.8. The summed E-state index contributed by atoms with van der Waals surface area (Å²) in [5.41, 5.74) is 3.64. The minimum absolute atomic E-state index is 0.0130. The van der Waals surface area contributed by atoms with Gasteiger partial charge in [-0.2, -0.15) is 0 Å². The predicted octanol–water partition coefficient (Wildman–Crippen LogP) is 5.47. The van der Waals surface area contributed by atoms with Crippen LogP contribution in [0.3, 0.4) is 0 Å². The number of hydrogen-bond acceptors (Lipinski definition) is 3. The van der Waals surface area contributed by atoms with E-state index in [1.54, 1.807) is 7.11 Å². The predicted molar refractivity (Wildman–Crippen MR) is 114 cm³/mol. The Hall–Kier alpha value is -2.82. The Kier molecular flexibility index (Phi) is 6.34. The summed E-state index contributed by atoms with van der Waals surface area (Å²) in [5.74, 6) is 1.59. The van der Waals surface area contributed by atoms with Crippen LogP contribution in [0.2, 0.25) is 0 Å². The van der Waals surface area contributed by atoms with Gasteiger partial charge in [-0.3, -0.25) is 9.20 Å². The molecule has 3 rings (SSSR count). The second kappa shape index (κ2) is 8.91. The van der Waals surface area contributed by atoms with Crippen molar-refractivity contribution in [3.63, 3.8) is 0 Å². The SMILES string of the molecule is CCCCC(CC)C(=O)Nc1c(-c2ccc(OC)cc2)nc2ccc(C)cn12. The Labute approximate surface area is 166 Å². The summed E-state index contributed by atoms with van der Waals surface area (Å²) in [6, 6.07) is 11.8. The first kappa shape index (κ1) is 19.9. The first-order valence-corrected chi connectivity index (χ1v) is 10.0. The first-order valence-electron chi connectivity index (χ1n) is 10.0. The molecule has 0 fully saturated rings. The monoisotopic (exact) mass is 379 g/mol. The number of anilines is 1. The van der Waals surface area contributed by atoms with Gasteiger partial charge in [-0.1, -0.05) is 32.8 Å². The molecule has 5 heteroatoms. The molecule has 28 heavy (non-hydrogen) atoms. The van der Waals surface area contributed by atoms with E-state index in [-0.39, 0.29) is 11.8 Å². The zero-order valence-corrected chi connectivity index (χ0v) is 17.2. The van der Waals surface area contributed by atoms with Crippen LogP contribution in [0.4, 0.5) is 5.82 Å². The molecule has 0 aliphatic rings. The summed E-state index contributed by atoms with van der Waals surface area (Å²) >= 11 is 0. The highest BCUT2D eigenvalue weighted by Crippen LogP contribution is 2.31. The molecule has 0 aliphatic carbocycles. The quantitative estimate of drug-likeness (QED) is 0.564. The smallest absolute Gasteiger partial charge is 0.228 e. The van der Waals surface area contributed by atoms with Gasteiger partial charge in [-0.05, 0) is 55.7 Å². The fraction of sp³-hybridized carbons (Fsp3) is 0.391. The van der Waals surface area contributed by atoms with Crippen molar-refractivity contribution in [3.8, 4) is 17.0 Å². The molecule has 1 amide bonds. The molecule has 0 spiro atoms. The van der Waals surface area contributed by atoms with Crippen molar-refractivity contribution >= 4 is 17.4 Å². The maximum absolute atomic E-state index is 13.0. The molecule has 1 aromatic carbocycles. The van der Waals surface area contributed by atoms with E-state index in [1.807, 2.05) is 53.9 Å². The van der Waals surface area contributed by atoms with Crippen molar-refractivity contribution in [3.05, 3.63) is 48.2 Å². The number of amides is 1. The van der Waals surface area contributed by atoms with E-state index in [0.717, 1.165) is 59.7 Å². The lowest BCUT2D eigenvalue weighted by atomic mass is 9.98. The van der Waals surface area contributed by atoms with Crippen molar-refractivity contribution in [2.24, 2.45) is 5.92 Å². The highest BCUT2D eigenvalue weighted by Gasteiger charge is 2.21. The number of carbonyl (C=O) groups excluding carboxylic acids is 1. The fourth-order valence-corrected chi connectivity index (χ4v) is 3.41. The zero-order chi connectivity index (χ0) is 20.1. The molecular weight excluding hydrogens is 350 g/mol. The van der Waals surface area contributed by atoms with Crippen LogP contribution in [0.1, 0.15) is 45.1 Å². The number of aryl methyl sites for hydroxylation is 1. The molecule has 2 aromatic heterocycles. The molecule has 2 heterocycles. The summed E-state index contributed by atoms with van der Waals surface area (Å²) in [6.07, 6.45) is 5.91. The van der Waals surface area contributed by atoms with Crippen LogP contribution >= 0.6 is 0 Å². The number of benzene rings is 1. The van der Waals surface area contributed by atoms with E-state index < -0.39 is 0 Å². The van der Waals surface area contributed by atoms with Gasteiger partial charge in [0.15, 0.2) is 0 Å². The number of hydrogen-bond donors (Lipinski definition) is 1. The molecule has 1 unspecified atom stereocenters. The van der Waals surface area contributed by atoms with Crippen LogP contribution in [0.5, 0.6) is 5.75 Å². The second-order valence-electron chi connectivity index (χ2n) is 7.21. The van der Waals surface area contributed by atoms with E-state index in [9.17, 15) is 4.79 Å². The number of nitrogens with zero attached hydrogens (tertiary/aromatic N) is 2. The van der Waals surface area contributed by atoms with Crippen LogP contribution in [0.15, 0.2) is 42.6 Å². The molecular formula is C23H29N3O2. The van der Waals surface area contributed by atoms with E-state index >= 15 is 0 Å². The highest BCUT2D eigenvalue weighted by molar-refractivity contribution is 5.96. The third kappa shape index (κ3) is 4.19. The van der Waals surface area contributed by atoms with Gasteiger partial charge in [0.25, 0.3) is 0 Å². The fourth-order valence-electron chi connectivity index (χ4n) is 3.41. The van der Waals surface area contributed by atoms with Crippen LogP contribution in [0, 0.1) is 12.8 Å². The summed E-state index contributed by atoms with van der Waals surface area (Å²) in [5, 5.41) is 3.18. The zero-order valence-electron chi connectivity index (χ0n) is 17.2. The molecule has 0 saturated heterocycles. The van der Waals surface area contributed by atoms with E-state index in [0.29, 0.717) is 0 Å². The Morgan fingerprint density at radius 1 is 1.18 bits per heavy atom. The number of imidazole rings is 1. The van der Waals surface area contributed by atoms with E-state index in [4.69, 9.17) is 9.72 Å². The molecule has 0 bridgehead atoms. The van der Waals surface area contributed by atoms with Crippen LogP contribution in [-0.2, 0) is 4.79 Å². The molecule has 148 valence electrons. The normalized spacial score (nSPS) is 12.1. The first-order chi connectivity index (χ1) is 13.6. The number of carbonyl (C=O) groups is 1. The standard InChI is InChI=1S/C23H29N3O2/c1-5-7-8-17(6-2)23(27)25-22-21(18-10-12-19(28-4)13-11-18)24-20-14-9-16(3)15-26(20)22/h9-15,17H,5-8H2,1-4H3,(H,25,27). The largest absolute Gasteiger partial charge is 0.497 e. The highest BCUT2D eigenvalue weighted by atomic mass is 16.5. The molecule has 0 radical (unpaired) electrons. The van der Waals surface area contributed by atoms with Gasteiger partial charge < -0.3 is 10.1 Å². The van der Waals surface area contributed by atoms with Gasteiger partial charge in [-0.25, -0.2) is 4.98 Å². The number of nitrogens with one attached hydrogen (secondary N) is 1. The maximum atomic E-state index is 13.0. The Morgan fingerprint density at radius 3 is 2.57 bits per heavy atom. The molecule has 1 atom stereocenters. The minimum Gasteiger partial charge on any atom is -0.497 e. The number of methoxy groups -OCH3 is 1. The lowest BCUT2D eigenvalue weighted by Gasteiger charge is -2.15. The number of aromatic nitrogens is 2. The topological polar surface area (TPSA) is 55.6 Å². The van der Waals surface area contributed by atoms with Crippen molar-refractivity contribution in [1.29, 1.82) is 0 Å². The number of rotatable bonds is 8. The van der Waals surface area contributed by atoms with E-state index in [1.165, 1.54) is 0 Å². The van der Waals surface area contributed by atoms with Crippen LogP contribution in [-0.4, -0.2) is 22.4 Å². The number of fused-ring (bicyclic) bond motifs is 1. The van der Waals surface area contributed by atoms with Crippen molar-refractivity contribution in [2.45, 2.75) is 46.5 Å². The summed E-state index contributed by atoms with van der Waals surface area (Å²) in [6.45, 7) is 6.26. The van der Waals surface area contributed by atoms with Gasteiger partial charge >= 0.3 is 0 Å². The Bertz CT molecular complexity index is 944. The Morgan fingerprint density at radius 2 is 1.93 bits per heavy atom. The van der Waals surface area contributed by atoms with Gasteiger partial charge in [-0.15, -0.1) is 0 Å². The summed E-state index contributed by atoms with van der Waals surface area (Å²) < 4.78 is 7.23. The number of pyridine rings is 1. The third-order valence-corrected chi connectivity index (χ3v) is 5.14. The van der Waals surface area contributed by atoms with Crippen molar-refractivity contribution < 1.29 is 9.53 Å². The van der Waals surface area contributed by atoms with Gasteiger partial charge in [0.05, 0.1) is 7.11 Å². The van der Waals surface area contributed by atoms with Gasteiger partial charge in [0.1, 0.15) is 22.9 Å². The van der Waals surface area contributed by atoms with E-state index in [2.05, 4.69) is 19.2 Å². The lowest BCUT2D eigenvalue weighted by molar-refractivity contribution is -0.120. The molecule has 0 aliphatic heterocycles. The molecule has 0 saturated carbocycles. The van der Waals surface area contributed by atoms with Crippen LogP contribution in [0.25, 0.3) is 16.9 Å².